The summed E-state index contributed by atoms with van der Waals surface area (Å²) in [6.45, 7) is 4.72. The van der Waals surface area contributed by atoms with Gasteiger partial charge >= 0.3 is 0 Å². The summed E-state index contributed by atoms with van der Waals surface area (Å²) in [5, 5.41) is 2.63. The third kappa shape index (κ3) is 3.80. The van der Waals surface area contributed by atoms with Crippen LogP contribution in [0.25, 0.3) is 39.1 Å². The quantitative estimate of drug-likeness (QED) is 0.195. The van der Waals surface area contributed by atoms with Gasteiger partial charge in [-0.3, -0.25) is 0 Å². The number of rotatable bonds is 3. The largest absolute Gasteiger partial charge is 0.306 e. The molecule has 0 saturated heterocycles. The van der Waals surface area contributed by atoms with Gasteiger partial charge < -0.3 is 9.80 Å². The molecule has 0 fully saturated rings. The normalized spacial score (nSPS) is 14.8. The third-order valence-electron chi connectivity index (χ3n) is 10.7. The maximum absolute atomic E-state index is 2.50. The molecule has 228 valence electrons. The van der Waals surface area contributed by atoms with Crippen LogP contribution in [0.4, 0.5) is 34.1 Å². The number of hydrogen-bond donors (Lipinski definition) is 0. The summed E-state index contributed by atoms with van der Waals surface area (Å²) in [5.74, 6) is 0. The van der Waals surface area contributed by atoms with Crippen molar-refractivity contribution in [3.05, 3.63) is 174 Å². The molecule has 2 heteroatoms. The van der Waals surface area contributed by atoms with Gasteiger partial charge in [0.05, 0.1) is 22.7 Å². The Hall–Kier alpha value is -5.86. The second-order valence-corrected chi connectivity index (χ2v) is 13.8. The van der Waals surface area contributed by atoms with Gasteiger partial charge in [0.25, 0.3) is 0 Å². The van der Waals surface area contributed by atoms with Gasteiger partial charge in [0.2, 0.25) is 0 Å². The van der Waals surface area contributed by atoms with Crippen molar-refractivity contribution in [2.45, 2.75) is 25.7 Å². The maximum atomic E-state index is 2.50. The first-order valence-electron chi connectivity index (χ1n) is 16.9. The highest BCUT2D eigenvalue weighted by atomic mass is 15.3. The van der Waals surface area contributed by atoms with Crippen LogP contribution >= 0.6 is 0 Å². The topological polar surface area (TPSA) is 6.48 Å². The van der Waals surface area contributed by atoms with Crippen molar-refractivity contribution >= 4 is 51.0 Å². The summed E-state index contributed by atoms with van der Waals surface area (Å²) in [4.78, 5) is 4.99. The van der Waals surface area contributed by atoms with Gasteiger partial charge in [-0.05, 0) is 110 Å². The lowest BCUT2D eigenvalue weighted by atomic mass is 9.81. The summed E-state index contributed by atoms with van der Waals surface area (Å²) < 4.78 is 0. The first-order valence-corrected chi connectivity index (χ1v) is 16.9. The Morgan fingerprint density at radius 3 is 2.02 bits per heavy atom. The van der Waals surface area contributed by atoms with Crippen LogP contribution in [0.15, 0.2) is 152 Å². The lowest BCUT2D eigenvalue weighted by molar-refractivity contribution is 0.660. The van der Waals surface area contributed by atoms with E-state index in [1.54, 1.807) is 0 Å². The fraction of sp³-hybridized carbons (Fsp3) is 0.0870. The second kappa shape index (κ2) is 10.1. The molecule has 1 aliphatic heterocycles. The van der Waals surface area contributed by atoms with Crippen molar-refractivity contribution in [1.29, 1.82) is 0 Å². The van der Waals surface area contributed by atoms with Crippen LogP contribution in [-0.2, 0) is 11.8 Å². The summed E-state index contributed by atoms with van der Waals surface area (Å²) in [6, 6.07) is 53.9. The molecule has 3 aliphatic rings. The summed E-state index contributed by atoms with van der Waals surface area (Å²) in [7, 11) is 0. The van der Waals surface area contributed by atoms with Crippen molar-refractivity contribution in [3.63, 3.8) is 0 Å². The van der Waals surface area contributed by atoms with E-state index in [4.69, 9.17) is 0 Å². The molecule has 0 radical (unpaired) electrons. The highest BCUT2D eigenvalue weighted by Crippen LogP contribution is 2.58. The number of benzene rings is 7. The highest BCUT2D eigenvalue weighted by Gasteiger charge is 2.37. The highest BCUT2D eigenvalue weighted by molar-refractivity contribution is 6.11. The first-order chi connectivity index (χ1) is 23.6. The fourth-order valence-corrected chi connectivity index (χ4v) is 8.51. The Bertz CT molecular complexity index is 2450. The maximum Gasteiger partial charge on any atom is 0.0745 e. The Labute approximate surface area is 281 Å². The number of hydrogen-bond acceptors (Lipinski definition) is 2. The minimum Gasteiger partial charge on any atom is -0.306 e. The summed E-state index contributed by atoms with van der Waals surface area (Å²) in [6.07, 6.45) is 5.49. The molecule has 2 nitrogen and oxygen atoms in total. The molecule has 0 spiro atoms. The number of allylic oxidation sites excluding steroid dienone is 1. The molecule has 7 aromatic carbocycles. The Morgan fingerprint density at radius 2 is 1.21 bits per heavy atom. The molecule has 0 unspecified atom stereocenters. The number of nitrogens with zero attached hydrogens (tertiary/aromatic N) is 2. The first kappa shape index (κ1) is 27.3. The lowest BCUT2D eigenvalue weighted by Crippen LogP contribution is -2.25. The molecule has 10 rings (SSSR count). The molecule has 0 aromatic heterocycles. The predicted molar refractivity (Wildman–Crippen MR) is 203 cm³/mol. The van der Waals surface area contributed by atoms with E-state index in [1.807, 2.05) is 0 Å². The van der Waals surface area contributed by atoms with Crippen LogP contribution in [0.2, 0.25) is 0 Å². The summed E-state index contributed by atoms with van der Waals surface area (Å²) in [5.41, 5.74) is 17.7. The molecule has 0 N–H and O–H groups in total. The number of anilines is 6. The lowest BCUT2D eigenvalue weighted by Gasteiger charge is -2.42. The molecule has 48 heavy (non-hydrogen) atoms. The molecule has 2 aliphatic carbocycles. The van der Waals surface area contributed by atoms with E-state index in [9.17, 15) is 0 Å². The van der Waals surface area contributed by atoms with Gasteiger partial charge in [-0.1, -0.05) is 123 Å². The van der Waals surface area contributed by atoms with E-state index in [-0.39, 0.29) is 5.41 Å². The minimum atomic E-state index is -0.0506. The van der Waals surface area contributed by atoms with E-state index in [0.29, 0.717) is 0 Å². The number of para-hydroxylation sites is 2. The molecule has 7 aromatic rings. The van der Waals surface area contributed by atoms with E-state index >= 15 is 0 Å². The molecule has 1 heterocycles. The van der Waals surface area contributed by atoms with E-state index < -0.39 is 0 Å². The van der Waals surface area contributed by atoms with Crippen LogP contribution in [0.5, 0.6) is 0 Å². The van der Waals surface area contributed by atoms with Crippen molar-refractivity contribution in [1.82, 2.24) is 0 Å². The van der Waals surface area contributed by atoms with Gasteiger partial charge in [-0.15, -0.1) is 0 Å². The van der Waals surface area contributed by atoms with Gasteiger partial charge in [0, 0.05) is 16.8 Å². The summed E-state index contributed by atoms with van der Waals surface area (Å²) >= 11 is 0. The standard InChI is InChI=1S/C46H34N2/c1-46(2)39-22-10-9-20-36(39)37-25-23-31(27-40(37)46)32-24-26-41-42(28-32)47(34-16-5-3-6-17-34)43-29-33-15-11-13-30-14-12-21-38(44(30)33)45(43)48(41)35-18-7-4-8-19-35/h3-20,22-29H,21H2,1-2H3. The minimum absolute atomic E-state index is 0.0506. The van der Waals surface area contributed by atoms with E-state index in [1.165, 1.54) is 83.7 Å². The molecular weight excluding hydrogens is 581 g/mol. The van der Waals surface area contributed by atoms with E-state index in [2.05, 4.69) is 181 Å². The zero-order valence-corrected chi connectivity index (χ0v) is 27.1. The van der Waals surface area contributed by atoms with Crippen molar-refractivity contribution in [2.75, 3.05) is 9.80 Å². The zero-order valence-electron chi connectivity index (χ0n) is 27.1. The Balaban J connectivity index is 1.24. The molecule has 0 atom stereocenters. The molecule has 0 amide bonds. The van der Waals surface area contributed by atoms with Crippen LogP contribution < -0.4 is 9.80 Å². The third-order valence-corrected chi connectivity index (χ3v) is 10.7. The monoisotopic (exact) mass is 614 g/mol. The molecule has 0 saturated carbocycles. The van der Waals surface area contributed by atoms with Crippen molar-refractivity contribution in [3.8, 4) is 22.3 Å². The van der Waals surface area contributed by atoms with E-state index in [0.717, 1.165) is 12.1 Å². The van der Waals surface area contributed by atoms with Crippen LogP contribution in [-0.4, -0.2) is 0 Å². The molecular formula is C46H34N2. The molecule has 0 bridgehead atoms. The van der Waals surface area contributed by atoms with Gasteiger partial charge in [-0.25, -0.2) is 0 Å². The van der Waals surface area contributed by atoms with Crippen molar-refractivity contribution < 1.29 is 0 Å². The van der Waals surface area contributed by atoms with Crippen LogP contribution in [0.3, 0.4) is 0 Å². The predicted octanol–water partition coefficient (Wildman–Crippen LogP) is 12.6. The van der Waals surface area contributed by atoms with Crippen LogP contribution in [0, 0.1) is 0 Å². The average molecular weight is 615 g/mol. The van der Waals surface area contributed by atoms with Crippen LogP contribution in [0.1, 0.15) is 36.1 Å². The van der Waals surface area contributed by atoms with Crippen molar-refractivity contribution in [2.24, 2.45) is 0 Å². The smallest absolute Gasteiger partial charge is 0.0745 e. The fourth-order valence-electron chi connectivity index (χ4n) is 8.51. The number of fused-ring (bicyclic) bond motifs is 6. The Kier molecular flexibility index (Phi) is 5.72. The Morgan fingerprint density at radius 1 is 0.521 bits per heavy atom. The zero-order chi connectivity index (χ0) is 32.0. The SMILES string of the molecule is CC1(C)c2ccccc2-c2ccc(-c3ccc4c(c3)N(c3ccccc3)c3cc5cccc6c5c(c3N4c3ccccc3)CC=C6)cc21. The second-order valence-electron chi connectivity index (χ2n) is 13.8. The van der Waals surface area contributed by atoms with Gasteiger partial charge in [0.1, 0.15) is 0 Å². The average Bonchev–Trinajstić information content (AvgIpc) is 3.37. The van der Waals surface area contributed by atoms with Gasteiger partial charge in [0.15, 0.2) is 0 Å². The van der Waals surface area contributed by atoms with Gasteiger partial charge in [-0.2, -0.15) is 0 Å².